The highest BCUT2D eigenvalue weighted by molar-refractivity contribution is 5.49. The Kier molecular flexibility index (Phi) is 3.20. The van der Waals surface area contributed by atoms with Crippen LogP contribution in [0.5, 0.6) is 0 Å². The van der Waals surface area contributed by atoms with Crippen molar-refractivity contribution in [2.75, 3.05) is 18.5 Å². The van der Waals surface area contributed by atoms with Crippen molar-refractivity contribution in [3.8, 4) is 0 Å². The number of nitrogens with one attached hydrogen (secondary N) is 2. The smallest absolute Gasteiger partial charge is 0.0942 e. The van der Waals surface area contributed by atoms with Crippen molar-refractivity contribution in [3.63, 3.8) is 0 Å². The molecule has 1 aliphatic rings. The molecule has 0 fully saturated rings. The molecular formula is C11H16N2O2. The van der Waals surface area contributed by atoms with Gasteiger partial charge in [0.05, 0.1) is 12.7 Å². The van der Waals surface area contributed by atoms with E-state index in [2.05, 4.69) is 22.8 Å². The second-order valence-corrected chi connectivity index (χ2v) is 3.80. The predicted molar refractivity (Wildman–Crippen MR) is 58.6 cm³/mol. The van der Waals surface area contributed by atoms with Gasteiger partial charge in [0.25, 0.3) is 0 Å². The molecule has 4 N–H and O–H groups in total. The fourth-order valence-electron chi connectivity index (χ4n) is 1.70. The summed E-state index contributed by atoms with van der Waals surface area (Å²) >= 11 is 0. The van der Waals surface area contributed by atoms with E-state index < -0.39 is 6.10 Å². The summed E-state index contributed by atoms with van der Waals surface area (Å²) < 4.78 is 0. The number of rotatable bonds is 4. The van der Waals surface area contributed by atoms with Crippen LogP contribution in [0, 0.1) is 0 Å². The van der Waals surface area contributed by atoms with Gasteiger partial charge in [-0.2, -0.15) is 0 Å². The fourth-order valence-corrected chi connectivity index (χ4v) is 1.70. The minimum Gasteiger partial charge on any atom is -0.394 e. The number of fused-ring (bicyclic) bond motifs is 1. The summed E-state index contributed by atoms with van der Waals surface area (Å²) in [6, 6.07) is 6.17. The Balaban J connectivity index is 1.98. The molecule has 1 heterocycles. The minimum atomic E-state index is -0.698. The maximum atomic E-state index is 9.19. The topological polar surface area (TPSA) is 64.5 Å². The van der Waals surface area contributed by atoms with Crippen LogP contribution < -0.4 is 10.6 Å². The lowest BCUT2D eigenvalue weighted by Crippen LogP contribution is -2.22. The first-order valence-electron chi connectivity index (χ1n) is 5.15. The van der Waals surface area contributed by atoms with Crippen molar-refractivity contribution >= 4 is 5.69 Å². The molecule has 0 radical (unpaired) electrons. The highest BCUT2D eigenvalue weighted by Gasteiger charge is 2.10. The fraction of sp³-hybridized carbons (Fsp3) is 0.455. The lowest BCUT2D eigenvalue weighted by molar-refractivity contribution is 0.105. The number of benzene rings is 1. The Morgan fingerprint density at radius 2 is 2.13 bits per heavy atom. The monoisotopic (exact) mass is 208 g/mol. The van der Waals surface area contributed by atoms with Gasteiger partial charge in [0.2, 0.25) is 0 Å². The van der Waals surface area contributed by atoms with Crippen LogP contribution in [-0.2, 0) is 13.1 Å². The molecule has 1 atom stereocenters. The Morgan fingerprint density at radius 1 is 1.33 bits per heavy atom. The van der Waals surface area contributed by atoms with Gasteiger partial charge in [-0.3, -0.25) is 0 Å². The number of aliphatic hydroxyl groups excluding tert-OH is 2. The Morgan fingerprint density at radius 3 is 2.93 bits per heavy atom. The Hall–Kier alpha value is -1.10. The van der Waals surface area contributed by atoms with Crippen molar-refractivity contribution in [2.24, 2.45) is 0 Å². The van der Waals surface area contributed by atoms with Crippen molar-refractivity contribution in [2.45, 2.75) is 19.2 Å². The van der Waals surface area contributed by atoms with E-state index in [9.17, 15) is 5.11 Å². The second-order valence-electron chi connectivity index (χ2n) is 3.80. The summed E-state index contributed by atoms with van der Waals surface area (Å²) in [5.41, 5.74) is 3.63. The van der Waals surface area contributed by atoms with E-state index in [4.69, 9.17) is 5.11 Å². The summed E-state index contributed by atoms with van der Waals surface area (Å²) in [5.74, 6) is 0. The summed E-state index contributed by atoms with van der Waals surface area (Å²) in [4.78, 5) is 0. The maximum absolute atomic E-state index is 9.19. The molecule has 1 aromatic carbocycles. The predicted octanol–water partition coefficient (Wildman–Crippen LogP) is 0.0549. The van der Waals surface area contributed by atoms with Gasteiger partial charge in [-0.05, 0) is 23.3 Å². The maximum Gasteiger partial charge on any atom is 0.0942 e. The van der Waals surface area contributed by atoms with E-state index >= 15 is 0 Å². The Labute approximate surface area is 88.9 Å². The highest BCUT2D eigenvalue weighted by Crippen LogP contribution is 2.19. The first-order valence-corrected chi connectivity index (χ1v) is 5.15. The van der Waals surface area contributed by atoms with Crippen LogP contribution >= 0.6 is 0 Å². The standard InChI is InChI=1S/C11H16N2O2/c14-7-11(15)6-13-10-2-1-8-4-12-5-9(8)3-10/h1-3,11-15H,4-7H2. The largest absolute Gasteiger partial charge is 0.394 e. The number of hydrogen-bond donors (Lipinski definition) is 4. The molecule has 15 heavy (non-hydrogen) atoms. The van der Waals surface area contributed by atoms with Crippen LogP contribution in [0.25, 0.3) is 0 Å². The Bertz CT molecular complexity index is 341. The molecule has 1 unspecified atom stereocenters. The van der Waals surface area contributed by atoms with Crippen LogP contribution in [0.15, 0.2) is 18.2 Å². The molecular weight excluding hydrogens is 192 g/mol. The first-order chi connectivity index (χ1) is 7.29. The molecule has 0 aromatic heterocycles. The molecule has 1 aromatic rings. The van der Waals surface area contributed by atoms with Gasteiger partial charge in [0.15, 0.2) is 0 Å². The van der Waals surface area contributed by atoms with Gasteiger partial charge in [-0.15, -0.1) is 0 Å². The van der Waals surface area contributed by atoms with E-state index in [0.717, 1.165) is 18.8 Å². The molecule has 0 aliphatic carbocycles. The van der Waals surface area contributed by atoms with Gasteiger partial charge in [0.1, 0.15) is 0 Å². The molecule has 4 heteroatoms. The number of anilines is 1. The van der Waals surface area contributed by atoms with E-state index in [1.54, 1.807) is 0 Å². The normalized spacial score (nSPS) is 16.1. The molecule has 1 aliphatic heterocycles. The molecule has 2 rings (SSSR count). The van der Waals surface area contributed by atoms with Gasteiger partial charge >= 0.3 is 0 Å². The van der Waals surface area contributed by atoms with E-state index in [-0.39, 0.29) is 6.61 Å². The van der Waals surface area contributed by atoms with Crippen LogP contribution in [-0.4, -0.2) is 29.5 Å². The lowest BCUT2D eigenvalue weighted by Gasteiger charge is -2.11. The highest BCUT2D eigenvalue weighted by atomic mass is 16.3. The van der Waals surface area contributed by atoms with Crippen molar-refractivity contribution in [3.05, 3.63) is 29.3 Å². The van der Waals surface area contributed by atoms with Crippen molar-refractivity contribution < 1.29 is 10.2 Å². The summed E-state index contributed by atoms with van der Waals surface area (Å²) in [7, 11) is 0. The van der Waals surface area contributed by atoms with Gasteiger partial charge in [-0.1, -0.05) is 6.07 Å². The van der Waals surface area contributed by atoms with Crippen LogP contribution in [0.2, 0.25) is 0 Å². The summed E-state index contributed by atoms with van der Waals surface area (Å²) in [6.45, 7) is 2.02. The molecule has 0 amide bonds. The quantitative estimate of drug-likeness (QED) is 0.565. The third kappa shape index (κ3) is 2.47. The van der Waals surface area contributed by atoms with E-state index in [0.29, 0.717) is 6.54 Å². The van der Waals surface area contributed by atoms with E-state index in [1.165, 1.54) is 11.1 Å². The molecule has 0 bridgehead atoms. The zero-order valence-electron chi connectivity index (χ0n) is 8.53. The molecule has 0 spiro atoms. The third-order valence-electron chi connectivity index (χ3n) is 2.59. The second kappa shape index (κ2) is 4.61. The average Bonchev–Trinajstić information content (AvgIpc) is 2.72. The van der Waals surface area contributed by atoms with E-state index in [1.807, 2.05) is 6.07 Å². The zero-order valence-corrected chi connectivity index (χ0v) is 8.53. The number of aliphatic hydroxyl groups is 2. The van der Waals surface area contributed by atoms with Crippen LogP contribution in [0.3, 0.4) is 0 Å². The average molecular weight is 208 g/mol. The lowest BCUT2D eigenvalue weighted by atomic mass is 10.1. The molecule has 0 saturated carbocycles. The van der Waals surface area contributed by atoms with Gasteiger partial charge in [0, 0.05) is 25.3 Å². The molecule has 4 nitrogen and oxygen atoms in total. The molecule has 0 saturated heterocycles. The SMILES string of the molecule is OCC(O)CNc1ccc2c(c1)CNC2. The van der Waals surface area contributed by atoms with Gasteiger partial charge in [-0.25, -0.2) is 0 Å². The molecule has 82 valence electrons. The van der Waals surface area contributed by atoms with Gasteiger partial charge < -0.3 is 20.8 Å². The summed E-state index contributed by atoms with van der Waals surface area (Å²) in [5, 5.41) is 24.2. The van der Waals surface area contributed by atoms with Crippen molar-refractivity contribution in [1.29, 1.82) is 0 Å². The first kappa shape index (κ1) is 10.4. The third-order valence-corrected chi connectivity index (χ3v) is 2.59. The van der Waals surface area contributed by atoms with Crippen LogP contribution in [0.1, 0.15) is 11.1 Å². The summed E-state index contributed by atoms with van der Waals surface area (Å²) in [6.07, 6.45) is -0.698. The van der Waals surface area contributed by atoms with Crippen molar-refractivity contribution in [1.82, 2.24) is 5.32 Å². The van der Waals surface area contributed by atoms with Crippen LogP contribution in [0.4, 0.5) is 5.69 Å². The zero-order chi connectivity index (χ0) is 10.7. The minimum absolute atomic E-state index is 0.209. The number of hydrogen-bond acceptors (Lipinski definition) is 4.